The van der Waals surface area contributed by atoms with Crippen molar-refractivity contribution in [1.82, 2.24) is 5.32 Å². The van der Waals surface area contributed by atoms with Crippen molar-refractivity contribution in [2.45, 2.75) is 30.0 Å². The minimum absolute atomic E-state index is 0.0355. The minimum Gasteiger partial charge on any atom is -0.345 e. The number of anilines is 1. The van der Waals surface area contributed by atoms with Crippen LogP contribution < -0.4 is 10.6 Å². The lowest BCUT2D eigenvalue weighted by Crippen LogP contribution is -2.28. The average molecular weight is 405 g/mol. The van der Waals surface area contributed by atoms with Crippen LogP contribution in [0.1, 0.15) is 35.8 Å². The van der Waals surface area contributed by atoms with Gasteiger partial charge in [-0.2, -0.15) is 0 Å². The van der Waals surface area contributed by atoms with Gasteiger partial charge in [-0.3, -0.25) is 9.59 Å². The van der Waals surface area contributed by atoms with Gasteiger partial charge < -0.3 is 10.6 Å². The first-order chi connectivity index (χ1) is 11.5. The van der Waals surface area contributed by atoms with Crippen LogP contribution in [0.15, 0.2) is 51.8 Å². The zero-order chi connectivity index (χ0) is 17.3. The van der Waals surface area contributed by atoms with Gasteiger partial charge >= 0.3 is 0 Å². The molecule has 1 aliphatic heterocycles. The van der Waals surface area contributed by atoms with Gasteiger partial charge in [0.1, 0.15) is 0 Å². The molecule has 24 heavy (non-hydrogen) atoms. The molecule has 4 nitrogen and oxygen atoms in total. The largest absolute Gasteiger partial charge is 0.345 e. The molecular weight excluding hydrogens is 388 g/mol. The van der Waals surface area contributed by atoms with E-state index in [-0.39, 0.29) is 23.1 Å². The number of halogens is 1. The summed E-state index contributed by atoms with van der Waals surface area (Å²) in [5.74, 6) is -0.203. The molecule has 0 fully saturated rings. The molecule has 0 spiro atoms. The summed E-state index contributed by atoms with van der Waals surface area (Å²) in [5.41, 5.74) is 2.24. The normalized spacial score (nSPS) is 17.6. The molecule has 3 rings (SSSR count). The fourth-order valence-corrected chi connectivity index (χ4v) is 4.09. The molecule has 1 heterocycles. The fourth-order valence-electron chi connectivity index (χ4n) is 2.53. The number of fused-ring (bicyclic) bond motifs is 1. The summed E-state index contributed by atoms with van der Waals surface area (Å²) in [6.45, 7) is 3.80. The van der Waals surface area contributed by atoms with E-state index in [9.17, 15) is 9.59 Å². The number of thioether (sulfide) groups is 1. The van der Waals surface area contributed by atoms with Crippen LogP contribution in [-0.4, -0.2) is 17.1 Å². The molecule has 2 atom stereocenters. The van der Waals surface area contributed by atoms with Gasteiger partial charge in [0.15, 0.2) is 0 Å². The molecule has 2 N–H and O–H groups in total. The highest BCUT2D eigenvalue weighted by molar-refractivity contribution is 9.10. The van der Waals surface area contributed by atoms with E-state index in [1.165, 1.54) is 11.8 Å². The van der Waals surface area contributed by atoms with E-state index in [4.69, 9.17) is 0 Å². The first-order valence-electron chi connectivity index (χ1n) is 7.62. The number of rotatable bonds is 3. The molecule has 0 aliphatic carbocycles. The van der Waals surface area contributed by atoms with Crippen molar-refractivity contribution >= 4 is 45.2 Å². The predicted molar refractivity (Wildman–Crippen MR) is 100 cm³/mol. The van der Waals surface area contributed by atoms with Gasteiger partial charge in [0, 0.05) is 14.9 Å². The second-order valence-corrected chi connectivity index (χ2v) is 7.91. The first-order valence-corrected chi connectivity index (χ1v) is 9.30. The number of benzene rings is 2. The van der Waals surface area contributed by atoms with E-state index in [1.807, 2.05) is 44.2 Å². The van der Waals surface area contributed by atoms with E-state index in [1.54, 1.807) is 12.1 Å². The van der Waals surface area contributed by atoms with Crippen molar-refractivity contribution in [3.8, 4) is 0 Å². The van der Waals surface area contributed by atoms with E-state index in [0.29, 0.717) is 11.3 Å². The van der Waals surface area contributed by atoms with E-state index in [2.05, 4.69) is 26.6 Å². The molecular formula is C18H17BrN2O2S. The number of nitrogens with one attached hydrogen (secondary N) is 2. The predicted octanol–water partition coefficient (Wildman–Crippen LogP) is 4.37. The van der Waals surface area contributed by atoms with E-state index in [0.717, 1.165) is 14.9 Å². The van der Waals surface area contributed by atoms with Gasteiger partial charge in [0.25, 0.3) is 5.91 Å². The van der Waals surface area contributed by atoms with Crippen LogP contribution in [0.5, 0.6) is 0 Å². The molecule has 0 bridgehead atoms. The highest BCUT2D eigenvalue weighted by Crippen LogP contribution is 2.36. The van der Waals surface area contributed by atoms with Crippen LogP contribution >= 0.6 is 27.7 Å². The monoisotopic (exact) mass is 404 g/mol. The van der Waals surface area contributed by atoms with E-state index >= 15 is 0 Å². The molecule has 2 aromatic rings. The summed E-state index contributed by atoms with van der Waals surface area (Å²) in [5, 5.41) is 5.73. The molecule has 2 unspecified atom stereocenters. The Hall–Kier alpha value is -1.79. The lowest BCUT2D eigenvalue weighted by Gasteiger charge is -2.22. The molecule has 2 aromatic carbocycles. The third-order valence-corrected chi connectivity index (χ3v) is 5.79. The maximum Gasteiger partial charge on any atom is 0.251 e. The SMILES string of the molecule is CC1Sc2ccc(C(=O)NC(C)c3ccccc3Br)cc2NC1=O. The van der Waals surface area contributed by atoms with Gasteiger partial charge in [-0.05, 0) is 43.7 Å². The summed E-state index contributed by atoms with van der Waals surface area (Å²) in [4.78, 5) is 25.3. The zero-order valence-corrected chi connectivity index (χ0v) is 15.7. The second kappa shape index (κ2) is 6.99. The van der Waals surface area contributed by atoms with Crippen LogP contribution in [0.3, 0.4) is 0 Å². The standard InChI is InChI=1S/C18H17BrN2O2S/c1-10(13-5-3-4-6-14(13)19)20-18(23)12-7-8-16-15(9-12)21-17(22)11(2)24-16/h3-11H,1-2H3,(H,20,23)(H,21,22). The van der Waals surface area contributed by atoms with Gasteiger partial charge in [0.05, 0.1) is 17.0 Å². The van der Waals surface area contributed by atoms with Crippen molar-refractivity contribution in [3.05, 3.63) is 58.1 Å². The summed E-state index contributed by atoms with van der Waals surface area (Å²) in [6.07, 6.45) is 0. The van der Waals surface area contributed by atoms with Crippen molar-refractivity contribution in [1.29, 1.82) is 0 Å². The maximum atomic E-state index is 12.5. The molecule has 1 aliphatic rings. The number of amides is 2. The van der Waals surface area contributed by atoms with Crippen LogP contribution in [-0.2, 0) is 4.79 Å². The van der Waals surface area contributed by atoms with Crippen molar-refractivity contribution < 1.29 is 9.59 Å². The van der Waals surface area contributed by atoms with Crippen LogP contribution in [0.4, 0.5) is 5.69 Å². The smallest absolute Gasteiger partial charge is 0.251 e. The van der Waals surface area contributed by atoms with Crippen molar-refractivity contribution in [2.24, 2.45) is 0 Å². The average Bonchev–Trinajstić information content (AvgIpc) is 2.55. The summed E-state index contributed by atoms with van der Waals surface area (Å²) >= 11 is 5.01. The highest BCUT2D eigenvalue weighted by atomic mass is 79.9. The molecule has 124 valence electrons. The number of carbonyl (C=O) groups excluding carboxylic acids is 2. The van der Waals surface area contributed by atoms with E-state index < -0.39 is 0 Å². The molecule has 2 amide bonds. The van der Waals surface area contributed by atoms with Gasteiger partial charge in [-0.15, -0.1) is 11.8 Å². The Bertz CT molecular complexity index is 809. The Morgan fingerprint density at radius 1 is 1.29 bits per heavy atom. The number of carbonyl (C=O) groups is 2. The highest BCUT2D eigenvalue weighted by Gasteiger charge is 2.24. The first kappa shape index (κ1) is 17.0. The third-order valence-electron chi connectivity index (χ3n) is 3.89. The molecule has 6 heteroatoms. The summed E-state index contributed by atoms with van der Waals surface area (Å²) in [6, 6.07) is 13.1. The zero-order valence-electron chi connectivity index (χ0n) is 13.3. The lowest BCUT2D eigenvalue weighted by molar-refractivity contribution is -0.115. The lowest BCUT2D eigenvalue weighted by atomic mass is 10.1. The van der Waals surface area contributed by atoms with Gasteiger partial charge in [0.2, 0.25) is 5.91 Å². The Morgan fingerprint density at radius 3 is 2.79 bits per heavy atom. The Morgan fingerprint density at radius 2 is 2.04 bits per heavy atom. The Labute approximate surface area is 153 Å². The van der Waals surface area contributed by atoms with Gasteiger partial charge in [-0.1, -0.05) is 34.1 Å². The minimum atomic E-state index is -0.168. The second-order valence-electron chi connectivity index (χ2n) is 5.68. The summed E-state index contributed by atoms with van der Waals surface area (Å²) in [7, 11) is 0. The molecule has 0 saturated carbocycles. The molecule has 0 aromatic heterocycles. The number of hydrogen-bond acceptors (Lipinski definition) is 3. The molecule has 0 radical (unpaired) electrons. The molecule has 0 saturated heterocycles. The Kier molecular flexibility index (Phi) is 4.96. The van der Waals surface area contributed by atoms with Crippen LogP contribution in [0.25, 0.3) is 0 Å². The van der Waals surface area contributed by atoms with Crippen molar-refractivity contribution in [2.75, 3.05) is 5.32 Å². The van der Waals surface area contributed by atoms with Crippen LogP contribution in [0, 0.1) is 0 Å². The van der Waals surface area contributed by atoms with Crippen LogP contribution in [0.2, 0.25) is 0 Å². The topological polar surface area (TPSA) is 58.2 Å². The third kappa shape index (κ3) is 3.49. The van der Waals surface area contributed by atoms with Crippen molar-refractivity contribution in [3.63, 3.8) is 0 Å². The summed E-state index contributed by atoms with van der Waals surface area (Å²) < 4.78 is 0.959. The maximum absolute atomic E-state index is 12.5. The quantitative estimate of drug-likeness (QED) is 0.797. The van der Waals surface area contributed by atoms with Gasteiger partial charge in [-0.25, -0.2) is 0 Å². The Balaban J connectivity index is 1.78. The number of hydrogen-bond donors (Lipinski definition) is 2. The fraction of sp³-hybridized carbons (Fsp3) is 0.222.